The maximum Gasteiger partial charge on any atom is 0.311 e. The largest absolute Gasteiger partial charge is 0.459 e. The van der Waals surface area contributed by atoms with Gasteiger partial charge in [-0.3, -0.25) is 29.2 Å². The average Bonchev–Trinajstić information content (AvgIpc) is 3.72. The molecule has 0 spiro atoms. The van der Waals surface area contributed by atoms with E-state index in [4.69, 9.17) is 24.2 Å². The minimum atomic E-state index is -1.96. The fraction of sp³-hybridized carbons (Fsp3) is 0.750. The Morgan fingerprint density at radius 1 is 1.05 bits per heavy atom. The second-order valence-corrected chi connectivity index (χ2v) is 17.9. The molecule has 1 amide bonds. The van der Waals surface area contributed by atoms with Gasteiger partial charge in [-0.2, -0.15) is 0 Å². The van der Waals surface area contributed by atoms with Gasteiger partial charge in [0.05, 0.1) is 42.1 Å². The molecule has 17 heteroatoms. The van der Waals surface area contributed by atoms with Gasteiger partial charge in [0.1, 0.15) is 29.3 Å². The highest BCUT2D eigenvalue weighted by Gasteiger charge is 2.52. The third-order valence-corrected chi connectivity index (χ3v) is 13.0. The summed E-state index contributed by atoms with van der Waals surface area (Å²) in [6, 6.07) is 7.50. The molecule has 0 radical (unpaired) electrons. The van der Waals surface area contributed by atoms with E-state index in [1.54, 1.807) is 37.9 Å². The summed E-state index contributed by atoms with van der Waals surface area (Å²) < 4.78 is 26.7. The summed E-state index contributed by atoms with van der Waals surface area (Å²) in [5.41, 5.74) is 0.965. The van der Waals surface area contributed by atoms with Crippen LogP contribution in [0.4, 0.5) is 0 Å². The average molecular weight is 862 g/mol. The number of hydrogen-bond donors (Lipinski definition) is 6. The van der Waals surface area contributed by atoms with E-state index in [2.05, 4.69) is 10.3 Å². The number of unbranched alkanes of at least 4 members (excludes halogenated alkanes) is 2. The summed E-state index contributed by atoms with van der Waals surface area (Å²) >= 11 is 0. The Bertz CT molecular complexity index is 1740. The van der Waals surface area contributed by atoms with Crippen LogP contribution in [-0.4, -0.2) is 138 Å². The quantitative estimate of drug-likeness (QED) is 0.0692. The smallest absolute Gasteiger partial charge is 0.311 e. The molecule has 2 saturated heterocycles. The zero-order valence-corrected chi connectivity index (χ0v) is 37.6. The monoisotopic (exact) mass is 862 g/mol. The maximum atomic E-state index is 13.9. The topological polar surface area (TPSA) is 235 Å². The van der Waals surface area contributed by atoms with Crippen molar-refractivity contribution >= 4 is 17.7 Å². The number of hydroxylamine groups is 1. The van der Waals surface area contributed by atoms with E-state index in [0.29, 0.717) is 31.6 Å². The number of Topliss-reactive ketones (excluding diaryl/α,β-unsaturated/α-hetero) is 1. The van der Waals surface area contributed by atoms with Crippen molar-refractivity contribution in [2.45, 2.75) is 174 Å². The van der Waals surface area contributed by atoms with E-state index in [0.717, 1.165) is 24.0 Å². The van der Waals surface area contributed by atoms with Crippen molar-refractivity contribution in [3.8, 4) is 11.3 Å². The summed E-state index contributed by atoms with van der Waals surface area (Å²) in [7, 11) is 3.39. The molecule has 2 aliphatic rings. The molecule has 0 saturated carbocycles. The van der Waals surface area contributed by atoms with Crippen molar-refractivity contribution in [3.63, 3.8) is 0 Å². The molecule has 0 bridgehead atoms. The molecule has 1 aromatic heterocycles. The second kappa shape index (κ2) is 21.8. The van der Waals surface area contributed by atoms with Gasteiger partial charge in [-0.25, -0.2) is 5.48 Å². The van der Waals surface area contributed by atoms with Gasteiger partial charge in [0.2, 0.25) is 5.91 Å². The number of nitrogens with zero attached hydrogens (tertiary/aromatic N) is 4. The molecule has 0 unspecified atom stereocenters. The van der Waals surface area contributed by atoms with E-state index < -0.39 is 89.6 Å². The lowest BCUT2D eigenvalue weighted by Gasteiger charge is -2.48. The molecule has 17 nitrogen and oxygen atoms in total. The number of cyclic esters (lactones) is 1. The summed E-state index contributed by atoms with van der Waals surface area (Å²) in [5, 5.41) is 63.9. The number of aliphatic hydroxyl groups excluding tert-OH is 3. The van der Waals surface area contributed by atoms with Gasteiger partial charge in [0.25, 0.3) is 0 Å². The molecule has 14 atom stereocenters. The van der Waals surface area contributed by atoms with E-state index in [9.17, 15) is 34.8 Å². The Morgan fingerprint density at radius 3 is 2.41 bits per heavy atom. The molecule has 61 heavy (non-hydrogen) atoms. The van der Waals surface area contributed by atoms with Gasteiger partial charge in [-0.15, -0.1) is 5.10 Å². The molecule has 2 fully saturated rings. The Hall–Kier alpha value is -3.39. The van der Waals surface area contributed by atoms with Crippen LogP contribution in [0, 0.1) is 23.7 Å². The SMILES string of the molecule is CC[C@H]1OC(=O)[C@H](C)[C@@H](O)[C@H](C)[C@@H](O[C@@H]2O[C@H](C)C[C@H](N(C)Cc3cccc(-c4cn(CCCCCC(=O)NO)nn4)c3)[C@H]2O)[C@](C)(OC)C[C@@H](C)C(=O)[C@H](C)[C@@H](O)[C@]1(C)O. The summed E-state index contributed by atoms with van der Waals surface area (Å²) in [5.74, 6) is -5.21. The molecule has 2 aromatic rings. The third kappa shape index (κ3) is 12.2. The molecule has 3 heterocycles. The van der Waals surface area contributed by atoms with Crippen LogP contribution in [0.3, 0.4) is 0 Å². The van der Waals surface area contributed by atoms with Gasteiger partial charge in [-0.1, -0.05) is 57.5 Å². The van der Waals surface area contributed by atoms with Crippen molar-refractivity contribution in [1.82, 2.24) is 25.4 Å². The van der Waals surface area contributed by atoms with Crippen molar-refractivity contribution in [3.05, 3.63) is 36.0 Å². The van der Waals surface area contributed by atoms with Gasteiger partial charge in [0, 0.05) is 56.0 Å². The fourth-order valence-electron chi connectivity index (χ4n) is 9.08. The van der Waals surface area contributed by atoms with Crippen molar-refractivity contribution in [1.29, 1.82) is 0 Å². The number of amides is 1. The minimum absolute atomic E-state index is 0.0800. The number of methoxy groups -OCH3 is 1. The first kappa shape index (κ1) is 50.3. The molecular weight excluding hydrogens is 791 g/mol. The highest BCUT2D eigenvalue weighted by atomic mass is 16.7. The number of ketones is 1. The number of hydrogen-bond acceptors (Lipinski definition) is 15. The van der Waals surface area contributed by atoms with Crippen LogP contribution < -0.4 is 5.48 Å². The molecule has 2 aliphatic heterocycles. The molecule has 1 aromatic carbocycles. The first-order valence-corrected chi connectivity index (χ1v) is 21.7. The van der Waals surface area contributed by atoms with Crippen LogP contribution in [0.5, 0.6) is 0 Å². The Kier molecular flexibility index (Phi) is 18.0. The first-order valence-electron chi connectivity index (χ1n) is 21.7. The predicted octanol–water partition coefficient (Wildman–Crippen LogP) is 3.41. The lowest BCUT2D eigenvalue weighted by molar-refractivity contribution is -0.302. The van der Waals surface area contributed by atoms with E-state index >= 15 is 0 Å². The van der Waals surface area contributed by atoms with E-state index in [1.165, 1.54) is 27.9 Å². The molecule has 6 N–H and O–H groups in total. The highest BCUT2D eigenvalue weighted by Crippen LogP contribution is 2.39. The van der Waals surface area contributed by atoms with Crippen LogP contribution in [0.2, 0.25) is 0 Å². The summed E-state index contributed by atoms with van der Waals surface area (Å²) in [6.45, 7) is 14.3. The second-order valence-electron chi connectivity index (χ2n) is 17.9. The third-order valence-electron chi connectivity index (χ3n) is 13.0. The zero-order valence-electron chi connectivity index (χ0n) is 37.6. The number of benzene rings is 1. The van der Waals surface area contributed by atoms with Crippen molar-refractivity contribution in [2.24, 2.45) is 23.7 Å². The minimum Gasteiger partial charge on any atom is -0.459 e. The number of ether oxygens (including phenoxy) is 4. The highest BCUT2D eigenvalue weighted by molar-refractivity contribution is 5.83. The van der Waals surface area contributed by atoms with E-state index in [1.807, 2.05) is 49.3 Å². The lowest BCUT2D eigenvalue weighted by atomic mass is 9.74. The van der Waals surface area contributed by atoms with E-state index in [-0.39, 0.29) is 31.1 Å². The number of aliphatic hydroxyl groups is 4. The Balaban J connectivity index is 1.55. The number of rotatable bonds is 14. The Morgan fingerprint density at radius 2 is 1.75 bits per heavy atom. The maximum absolute atomic E-state index is 13.9. The molecular formula is C44H71N5O12. The van der Waals surface area contributed by atoms with Gasteiger partial charge < -0.3 is 39.4 Å². The van der Waals surface area contributed by atoms with Crippen molar-refractivity contribution < 1.29 is 59.0 Å². The van der Waals surface area contributed by atoms with Crippen LogP contribution in [0.25, 0.3) is 11.3 Å². The normalized spacial score (nSPS) is 35.7. The van der Waals surface area contributed by atoms with Crippen molar-refractivity contribution in [2.75, 3.05) is 14.2 Å². The van der Waals surface area contributed by atoms with Gasteiger partial charge in [0.15, 0.2) is 6.29 Å². The number of aromatic nitrogens is 3. The number of nitrogens with one attached hydrogen (secondary N) is 1. The number of carbonyl (C=O) groups is 3. The number of carbonyl (C=O) groups excluding carboxylic acids is 3. The van der Waals surface area contributed by atoms with Crippen LogP contribution in [-0.2, 0) is 46.4 Å². The molecule has 0 aliphatic carbocycles. The fourth-order valence-corrected chi connectivity index (χ4v) is 9.08. The predicted molar refractivity (Wildman–Crippen MR) is 223 cm³/mol. The number of likely N-dealkylation sites (N-methyl/N-ethyl adjacent to an activating group) is 1. The van der Waals surface area contributed by atoms with Crippen LogP contribution in [0.15, 0.2) is 30.5 Å². The summed E-state index contributed by atoms with van der Waals surface area (Å²) in [4.78, 5) is 40.8. The first-order chi connectivity index (χ1) is 28.7. The molecule has 4 rings (SSSR count). The standard InChI is InChI=1S/C44H71N5O12/c1-11-34-44(8,56)39(54)27(4)36(51)25(2)22-43(7,58-10)40(28(5)37(52)29(6)41(55)60-34)61-42-38(53)33(20-26(3)59-42)48(9)23-30-16-15-17-31(21-30)32-24-49(47-45-32)19-14-12-13-18-35(50)46-57/h15-17,21,24-29,33-34,37-40,42,52-54,56-57H,11-14,18-20,22-23H2,1-10H3,(H,46,50)/t25-,26-,27+,28+,29-,33+,34-,37+,38-,39-,40-,42+,43-,44-/m1/s1. The van der Waals surface area contributed by atoms with Gasteiger partial charge in [-0.05, 0) is 78.5 Å². The lowest BCUT2D eigenvalue weighted by Crippen LogP contribution is -2.60. The van der Waals surface area contributed by atoms with Crippen LogP contribution >= 0.6 is 0 Å². The van der Waals surface area contributed by atoms with Gasteiger partial charge >= 0.3 is 5.97 Å². The Labute approximate surface area is 360 Å². The molecule has 344 valence electrons. The van der Waals surface area contributed by atoms with Crippen LogP contribution in [0.1, 0.15) is 106 Å². The number of esters is 1. The zero-order chi connectivity index (χ0) is 45.4. The summed E-state index contributed by atoms with van der Waals surface area (Å²) in [6.07, 6.45) is -2.71. The number of aryl methyl sites for hydroxylation is 1.